The number of carbonyl (C=O) groups excluding carboxylic acids is 1. The molecule has 1 aliphatic heterocycles. The zero-order chi connectivity index (χ0) is 21.6. The van der Waals surface area contributed by atoms with Gasteiger partial charge < -0.3 is 5.73 Å². The van der Waals surface area contributed by atoms with E-state index in [1.165, 1.54) is 4.88 Å². The van der Waals surface area contributed by atoms with E-state index in [1.807, 2.05) is 36.3 Å². The Morgan fingerprint density at radius 3 is 2.73 bits per heavy atom. The molecule has 0 radical (unpaired) electrons. The molecule has 2 heterocycles. The Morgan fingerprint density at radius 1 is 1.30 bits per heavy atom. The maximum absolute atomic E-state index is 13.2. The van der Waals surface area contributed by atoms with Gasteiger partial charge in [0.05, 0.1) is 27.5 Å². The predicted octanol–water partition coefficient (Wildman–Crippen LogP) is 6.15. The molecule has 2 aromatic rings. The van der Waals surface area contributed by atoms with Crippen LogP contribution in [0.4, 0.5) is 5.69 Å². The van der Waals surface area contributed by atoms with Crippen LogP contribution in [0.25, 0.3) is 0 Å². The van der Waals surface area contributed by atoms with Crippen molar-refractivity contribution in [1.29, 1.82) is 5.26 Å². The fourth-order valence-electron chi connectivity index (χ4n) is 4.42. The summed E-state index contributed by atoms with van der Waals surface area (Å²) >= 11 is 6.88. The number of Topliss-reactive ketones (excluding diaryl/α,β-unsaturated/α-hetero) is 1. The number of ketones is 1. The first-order valence-electron chi connectivity index (χ1n) is 9.74. The van der Waals surface area contributed by atoms with E-state index < -0.39 is 5.92 Å². The summed E-state index contributed by atoms with van der Waals surface area (Å²) in [5.41, 5.74) is 11.8. The van der Waals surface area contributed by atoms with Crippen LogP contribution in [0.5, 0.6) is 0 Å². The van der Waals surface area contributed by atoms with Crippen molar-refractivity contribution in [3.8, 4) is 6.07 Å². The molecule has 7 heteroatoms. The van der Waals surface area contributed by atoms with Gasteiger partial charge in [0.25, 0.3) is 0 Å². The predicted molar refractivity (Wildman–Crippen MR) is 128 cm³/mol. The van der Waals surface area contributed by atoms with Crippen molar-refractivity contribution < 1.29 is 4.79 Å². The summed E-state index contributed by atoms with van der Waals surface area (Å²) in [4.78, 5) is 16.3. The first kappa shape index (κ1) is 21.2. The molecule has 0 bridgehead atoms. The molecule has 0 saturated carbocycles. The first-order chi connectivity index (χ1) is 14.4. The van der Waals surface area contributed by atoms with Crippen molar-refractivity contribution in [1.82, 2.24) is 0 Å². The van der Waals surface area contributed by atoms with Crippen molar-refractivity contribution in [2.24, 2.45) is 5.73 Å². The lowest BCUT2D eigenvalue weighted by atomic mass is 9.76. The second-order valence-corrected chi connectivity index (χ2v) is 10.8. The van der Waals surface area contributed by atoms with Crippen molar-refractivity contribution in [2.75, 3.05) is 11.2 Å². The number of thioether (sulfide) groups is 1. The van der Waals surface area contributed by atoms with Gasteiger partial charge >= 0.3 is 0 Å². The Morgan fingerprint density at radius 2 is 2.07 bits per heavy atom. The largest absolute Gasteiger partial charge is 0.384 e. The molecule has 2 N–H and O–H groups in total. The molecule has 1 aromatic heterocycles. The molecule has 2 aliphatic rings. The monoisotopic (exact) mass is 499 g/mol. The maximum atomic E-state index is 13.2. The van der Waals surface area contributed by atoms with E-state index in [1.54, 1.807) is 23.1 Å². The number of hydrogen-bond donors (Lipinski definition) is 1. The highest BCUT2D eigenvalue weighted by Crippen LogP contribution is 2.50. The van der Waals surface area contributed by atoms with Gasteiger partial charge in [0.1, 0.15) is 5.82 Å². The Hall–Kier alpha value is -2.01. The number of rotatable bonds is 3. The highest BCUT2D eigenvalue weighted by atomic mass is 79.9. The van der Waals surface area contributed by atoms with Crippen molar-refractivity contribution in [3.63, 3.8) is 0 Å². The second kappa shape index (κ2) is 8.26. The number of hydrogen-bond acceptors (Lipinski definition) is 6. The number of allylic oxidation sites excluding steroid dienone is 3. The minimum Gasteiger partial charge on any atom is -0.384 e. The highest BCUT2D eigenvalue weighted by Gasteiger charge is 2.41. The van der Waals surface area contributed by atoms with Gasteiger partial charge in [0.15, 0.2) is 5.78 Å². The molecule has 1 unspecified atom stereocenters. The first-order valence-corrected chi connectivity index (χ1v) is 12.6. The van der Waals surface area contributed by atoms with E-state index in [9.17, 15) is 10.1 Å². The number of thiophene rings is 1. The van der Waals surface area contributed by atoms with E-state index in [4.69, 9.17) is 5.73 Å². The van der Waals surface area contributed by atoms with Crippen LogP contribution >= 0.6 is 39.0 Å². The number of nitrogens with two attached hydrogens (primary N) is 1. The number of halogens is 1. The number of carbonyl (C=O) groups is 1. The molecular formula is C23H22BrN3OS2. The van der Waals surface area contributed by atoms with E-state index >= 15 is 0 Å². The quantitative estimate of drug-likeness (QED) is 0.512. The number of aryl methyl sites for hydroxylation is 2. The normalized spacial score (nSPS) is 19.2. The van der Waals surface area contributed by atoms with Gasteiger partial charge in [-0.15, -0.1) is 23.1 Å². The molecular weight excluding hydrogens is 478 g/mol. The van der Waals surface area contributed by atoms with Crippen molar-refractivity contribution in [2.45, 2.75) is 43.2 Å². The van der Waals surface area contributed by atoms with E-state index in [-0.39, 0.29) is 5.78 Å². The summed E-state index contributed by atoms with van der Waals surface area (Å²) in [5.74, 6) is 0.159. The van der Waals surface area contributed by atoms with E-state index in [2.05, 4.69) is 35.0 Å². The molecule has 4 rings (SSSR count). The lowest BCUT2D eigenvalue weighted by Gasteiger charge is -2.40. The summed E-state index contributed by atoms with van der Waals surface area (Å²) in [7, 11) is 0. The molecule has 4 nitrogen and oxygen atoms in total. The maximum Gasteiger partial charge on any atom is 0.161 e. The minimum atomic E-state index is -0.391. The van der Waals surface area contributed by atoms with Gasteiger partial charge in [-0.2, -0.15) is 5.26 Å². The van der Waals surface area contributed by atoms with E-state index in [0.717, 1.165) is 49.6 Å². The smallest absolute Gasteiger partial charge is 0.161 e. The molecule has 30 heavy (non-hydrogen) atoms. The fraction of sp³-hybridized carbons (Fsp3) is 0.304. The van der Waals surface area contributed by atoms with Crippen LogP contribution in [-0.4, -0.2) is 12.0 Å². The summed E-state index contributed by atoms with van der Waals surface area (Å²) in [6, 6.07) is 10.5. The molecule has 154 valence electrons. The minimum absolute atomic E-state index is 0.122. The van der Waals surface area contributed by atoms with Crippen molar-refractivity contribution >= 4 is 50.5 Å². The summed E-state index contributed by atoms with van der Waals surface area (Å²) < 4.78 is 2.12. The third kappa shape index (κ3) is 3.41. The summed E-state index contributed by atoms with van der Waals surface area (Å²) in [6.07, 6.45) is 4.11. The Balaban J connectivity index is 2.01. The number of nitrogens with zero attached hydrogens (tertiary/aromatic N) is 2. The molecule has 0 amide bonds. The standard InChI is InChI=1S/C23H22BrN3OS2/c1-12-9-14(24)7-8-17(12)27-18-5-4-6-19(28)21(18)20(16(11-25)22(27)26)15-10-13(2)30-23(15)29-3/h7-10,20H,4-6,26H2,1-3H3. The van der Waals surface area contributed by atoms with E-state index in [0.29, 0.717) is 17.8 Å². The van der Waals surface area contributed by atoms with Gasteiger partial charge in [-0.25, -0.2) is 0 Å². The molecule has 0 spiro atoms. The zero-order valence-electron chi connectivity index (χ0n) is 17.1. The van der Waals surface area contributed by atoms with Gasteiger partial charge in [-0.1, -0.05) is 15.9 Å². The molecule has 1 aliphatic carbocycles. The summed E-state index contributed by atoms with van der Waals surface area (Å²) in [5, 5.41) is 10.2. The average molecular weight is 500 g/mol. The Kier molecular flexibility index (Phi) is 5.84. The van der Waals surface area contributed by atoms with Crippen LogP contribution in [0.1, 0.15) is 41.2 Å². The Bertz CT molecular complexity index is 1160. The van der Waals surface area contributed by atoms with Crippen molar-refractivity contribution in [3.05, 3.63) is 67.4 Å². The fourth-order valence-corrected chi connectivity index (χ4v) is 6.80. The summed E-state index contributed by atoms with van der Waals surface area (Å²) in [6.45, 7) is 4.08. The van der Waals surface area contributed by atoms with Gasteiger partial charge in [-0.05, 0) is 68.3 Å². The third-order valence-electron chi connectivity index (χ3n) is 5.66. The topological polar surface area (TPSA) is 70.1 Å². The van der Waals surface area contributed by atoms with Crippen LogP contribution in [0.15, 0.2) is 55.6 Å². The van der Waals surface area contributed by atoms with Crippen LogP contribution in [-0.2, 0) is 4.79 Å². The lowest BCUT2D eigenvalue weighted by Crippen LogP contribution is -2.39. The highest BCUT2D eigenvalue weighted by molar-refractivity contribution is 9.10. The van der Waals surface area contributed by atoms with Crippen LogP contribution < -0.4 is 10.6 Å². The molecule has 0 saturated heterocycles. The zero-order valence-corrected chi connectivity index (χ0v) is 20.3. The Labute approximate surface area is 193 Å². The average Bonchev–Trinajstić information content (AvgIpc) is 3.08. The second-order valence-electron chi connectivity index (χ2n) is 7.55. The van der Waals surface area contributed by atoms with Gasteiger partial charge in [-0.3, -0.25) is 9.69 Å². The lowest BCUT2D eigenvalue weighted by molar-refractivity contribution is -0.116. The van der Waals surface area contributed by atoms with Crippen LogP contribution in [0.2, 0.25) is 0 Å². The van der Waals surface area contributed by atoms with Crippen LogP contribution in [0.3, 0.4) is 0 Å². The molecule has 1 aromatic carbocycles. The SMILES string of the molecule is CSc1sc(C)cc1C1C(C#N)=C(N)N(c2ccc(Br)cc2C)C2=C1C(=O)CCC2. The number of anilines is 1. The van der Waals surface area contributed by atoms with Gasteiger partial charge in [0, 0.05) is 27.0 Å². The molecule has 0 fully saturated rings. The number of nitriles is 1. The van der Waals surface area contributed by atoms with Crippen LogP contribution in [0, 0.1) is 25.2 Å². The number of benzene rings is 1. The third-order valence-corrected chi connectivity index (χ3v) is 8.37. The molecule has 1 atom stereocenters. The van der Waals surface area contributed by atoms with Gasteiger partial charge in [0.2, 0.25) is 0 Å².